The number of carbonyl (C=O) groups excluding carboxylic acids is 2. The van der Waals surface area contributed by atoms with Gasteiger partial charge in [-0.05, 0) is 87.7 Å². The summed E-state index contributed by atoms with van der Waals surface area (Å²) in [6, 6.07) is 0.241. The number of aromatic nitrogens is 4. The number of aliphatic hydroxyl groups is 1. The summed E-state index contributed by atoms with van der Waals surface area (Å²) in [4.78, 5) is 34.5. The average molecular weight is 575 g/mol. The van der Waals surface area contributed by atoms with Crippen molar-refractivity contribution < 1.29 is 14.7 Å². The highest BCUT2D eigenvalue weighted by Crippen LogP contribution is 2.33. The van der Waals surface area contributed by atoms with Gasteiger partial charge in [0, 0.05) is 36.9 Å². The molecule has 0 spiro atoms. The second-order valence-electron chi connectivity index (χ2n) is 12.7. The van der Waals surface area contributed by atoms with E-state index in [1.807, 2.05) is 6.20 Å². The van der Waals surface area contributed by atoms with Crippen molar-refractivity contribution in [3.8, 4) is 0 Å². The lowest BCUT2D eigenvalue weighted by Gasteiger charge is -2.27. The maximum Gasteiger partial charge on any atom is 0.229 e. The van der Waals surface area contributed by atoms with Gasteiger partial charge in [0.1, 0.15) is 5.78 Å². The van der Waals surface area contributed by atoms with Gasteiger partial charge < -0.3 is 15.7 Å². The lowest BCUT2D eigenvalue weighted by Crippen LogP contribution is -2.29. The third-order valence-electron chi connectivity index (χ3n) is 9.18. The normalized spacial score (nSPS) is 24.7. The summed E-state index contributed by atoms with van der Waals surface area (Å²) >= 11 is 0. The summed E-state index contributed by atoms with van der Waals surface area (Å²) in [6.07, 6.45) is 17.4. The number of carbonyl (C=O) groups is 2. The molecule has 0 radical (unpaired) electrons. The molecule has 3 N–H and O–H groups in total. The zero-order valence-electron chi connectivity index (χ0n) is 25.1. The lowest BCUT2D eigenvalue weighted by atomic mass is 9.77. The van der Waals surface area contributed by atoms with E-state index in [2.05, 4.69) is 48.3 Å². The van der Waals surface area contributed by atoms with Crippen molar-refractivity contribution in [2.75, 3.05) is 17.2 Å². The Morgan fingerprint density at radius 3 is 2.60 bits per heavy atom. The van der Waals surface area contributed by atoms with Crippen LogP contribution in [-0.2, 0) is 9.59 Å². The van der Waals surface area contributed by atoms with Gasteiger partial charge in [0.25, 0.3) is 0 Å². The molecule has 2 saturated carbocycles. The first kappa shape index (κ1) is 30.1. The molecule has 5 rings (SSSR count). The molecule has 226 valence electrons. The van der Waals surface area contributed by atoms with Crippen LogP contribution in [0.25, 0.3) is 5.65 Å². The van der Waals surface area contributed by atoms with Crippen molar-refractivity contribution in [1.29, 1.82) is 0 Å². The third kappa shape index (κ3) is 7.54. The highest BCUT2D eigenvalue weighted by molar-refractivity contribution is 5.89. The molecule has 2 aromatic heterocycles. The van der Waals surface area contributed by atoms with E-state index < -0.39 is 0 Å². The molecule has 3 aliphatic rings. The minimum absolute atomic E-state index is 0.0977. The number of anilines is 2. The van der Waals surface area contributed by atoms with Gasteiger partial charge in [0.2, 0.25) is 11.9 Å². The van der Waals surface area contributed by atoms with E-state index in [1.54, 1.807) is 4.52 Å². The number of fused-ring (bicyclic) bond motifs is 1. The summed E-state index contributed by atoms with van der Waals surface area (Å²) < 4.78 is 1.79. The van der Waals surface area contributed by atoms with Crippen LogP contribution in [0, 0.1) is 11.8 Å². The Kier molecular flexibility index (Phi) is 9.88. The van der Waals surface area contributed by atoms with Crippen LogP contribution in [0.3, 0.4) is 0 Å². The maximum absolute atomic E-state index is 13.1. The number of hydrogen-bond acceptors (Lipinski definition) is 8. The molecule has 0 bridgehead atoms. The van der Waals surface area contributed by atoms with Crippen molar-refractivity contribution >= 4 is 29.1 Å². The Balaban J connectivity index is 1.22. The van der Waals surface area contributed by atoms with Crippen LogP contribution in [0.2, 0.25) is 0 Å². The monoisotopic (exact) mass is 574 g/mol. The van der Waals surface area contributed by atoms with E-state index in [0.717, 1.165) is 81.0 Å². The predicted octanol–water partition coefficient (Wildman–Crippen LogP) is 5.93. The summed E-state index contributed by atoms with van der Waals surface area (Å²) in [5, 5.41) is 21.5. The topological polar surface area (TPSA) is 122 Å². The lowest BCUT2D eigenvalue weighted by molar-refractivity contribution is -0.123. The molecule has 3 aliphatic carbocycles. The number of hydrogen-bond donors (Lipinski definition) is 3. The van der Waals surface area contributed by atoms with Crippen molar-refractivity contribution in [2.45, 2.75) is 109 Å². The fourth-order valence-electron chi connectivity index (χ4n) is 6.58. The molecule has 0 saturated heterocycles. The average Bonchev–Trinajstić information content (AvgIpc) is 3.42. The predicted molar refractivity (Wildman–Crippen MR) is 166 cm³/mol. The summed E-state index contributed by atoms with van der Waals surface area (Å²) in [5.41, 5.74) is 4.21. The van der Waals surface area contributed by atoms with Gasteiger partial charge in [-0.2, -0.15) is 19.6 Å². The molecule has 42 heavy (non-hydrogen) atoms. The minimum atomic E-state index is -0.210. The largest absolute Gasteiger partial charge is 0.393 e. The number of allylic oxidation sites excluding steroid dienone is 4. The fourth-order valence-corrected chi connectivity index (χ4v) is 6.58. The zero-order valence-corrected chi connectivity index (χ0v) is 25.1. The standard InChI is InChI=1S/C33H46N6O3/c1-4-27(40)17-22-8-10-25(11-9-22)30(42)18-23-6-5-7-24(16-23)19-34-33-38-32(36-26-12-14-28(41)15-13-26)37-31-29(21(2)3)20-35-39(31)33/h4,6,16,20-22,25-26,28,41H,1,5,7-15,17-19H2,2-3H3,(H2,34,36,37,38). The Labute approximate surface area is 249 Å². The van der Waals surface area contributed by atoms with Crippen LogP contribution in [0.4, 0.5) is 11.9 Å². The molecular weight excluding hydrogens is 528 g/mol. The number of ketones is 2. The molecule has 0 atom stereocenters. The SMILES string of the molecule is C=CC(=O)CC1CCC(C(=O)CC2=CCCC(CNc3nc(NC4CCC(O)CC4)nc4c(C(C)C)cnn34)=C2)CC1. The summed E-state index contributed by atoms with van der Waals surface area (Å²) in [7, 11) is 0. The smallest absolute Gasteiger partial charge is 0.229 e. The van der Waals surface area contributed by atoms with Crippen LogP contribution in [0.15, 0.2) is 42.2 Å². The van der Waals surface area contributed by atoms with Crippen LogP contribution in [0.5, 0.6) is 0 Å². The van der Waals surface area contributed by atoms with Gasteiger partial charge in [-0.3, -0.25) is 9.59 Å². The van der Waals surface area contributed by atoms with Gasteiger partial charge in [-0.1, -0.05) is 38.2 Å². The minimum Gasteiger partial charge on any atom is -0.393 e. The highest BCUT2D eigenvalue weighted by atomic mass is 16.3. The zero-order chi connectivity index (χ0) is 29.6. The molecule has 0 aromatic carbocycles. The number of rotatable bonds is 12. The molecule has 2 heterocycles. The van der Waals surface area contributed by atoms with Crippen LogP contribution < -0.4 is 10.6 Å². The van der Waals surface area contributed by atoms with E-state index in [1.165, 1.54) is 11.6 Å². The molecule has 9 heteroatoms. The second-order valence-corrected chi connectivity index (χ2v) is 12.7. The Morgan fingerprint density at radius 1 is 1.12 bits per heavy atom. The summed E-state index contributed by atoms with van der Waals surface area (Å²) in [6.45, 7) is 8.47. The molecular formula is C33H46N6O3. The van der Waals surface area contributed by atoms with Gasteiger partial charge in [-0.15, -0.1) is 0 Å². The maximum atomic E-state index is 13.1. The Morgan fingerprint density at radius 2 is 1.88 bits per heavy atom. The molecule has 9 nitrogen and oxygen atoms in total. The van der Waals surface area contributed by atoms with Gasteiger partial charge in [0.05, 0.1) is 12.3 Å². The van der Waals surface area contributed by atoms with Gasteiger partial charge in [-0.25, -0.2) is 0 Å². The van der Waals surface area contributed by atoms with E-state index in [9.17, 15) is 14.7 Å². The van der Waals surface area contributed by atoms with Gasteiger partial charge >= 0.3 is 0 Å². The van der Waals surface area contributed by atoms with E-state index in [4.69, 9.17) is 9.97 Å². The van der Waals surface area contributed by atoms with Gasteiger partial charge in [0.15, 0.2) is 11.4 Å². The molecule has 0 aliphatic heterocycles. The van der Waals surface area contributed by atoms with Crippen LogP contribution in [0.1, 0.15) is 102 Å². The number of aliphatic hydroxyl groups excluding tert-OH is 1. The van der Waals surface area contributed by atoms with Crippen molar-refractivity contribution in [2.24, 2.45) is 11.8 Å². The van der Waals surface area contributed by atoms with Crippen molar-refractivity contribution in [3.05, 3.63) is 47.7 Å². The van der Waals surface area contributed by atoms with Crippen LogP contribution in [-0.4, -0.2) is 54.9 Å². The highest BCUT2D eigenvalue weighted by Gasteiger charge is 2.27. The molecule has 0 unspecified atom stereocenters. The van der Waals surface area contributed by atoms with Crippen molar-refractivity contribution in [3.63, 3.8) is 0 Å². The first-order valence-corrected chi connectivity index (χ1v) is 15.8. The Hall–Kier alpha value is -3.33. The summed E-state index contributed by atoms with van der Waals surface area (Å²) in [5.74, 6) is 2.42. The van der Waals surface area contributed by atoms with E-state index >= 15 is 0 Å². The molecule has 0 amide bonds. The quantitative estimate of drug-likeness (QED) is 0.267. The first-order valence-electron chi connectivity index (χ1n) is 15.8. The first-order chi connectivity index (χ1) is 20.3. The number of Topliss-reactive ketones (excluding diaryl/α,β-unsaturated/α-hetero) is 1. The van der Waals surface area contributed by atoms with E-state index in [0.29, 0.717) is 43.0 Å². The Bertz CT molecular complexity index is 1340. The number of nitrogens with zero attached hydrogens (tertiary/aromatic N) is 4. The molecule has 2 aromatic rings. The second kappa shape index (κ2) is 13.8. The third-order valence-corrected chi connectivity index (χ3v) is 9.18. The fraction of sp³-hybridized carbons (Fsp3) is 0.606. The molecule has 2 fully saturated rings. The van der Waals surface area contributed by atoms with Crippen LogP contribution >= 0.6 is 0 Å². The van der Waals surface area contributed by atoms with E-state index in [-0.39, 0.29) is 29.8 Å². The number of nitrogens with one attached hydrogen (secondary N) is 2. The van der Waals surface area contributed by atoms with Crippen molar-refractivity contribution in [1.82, 2.24) is 19.6 Å².